The lowest BCUT2D eigenvalue weighted by Crippen LogP contribution is -2.47. The molecule has 3 fully saturated rings. The number of halogens is 3. The Hall–Kier alpha value is -2.49. The molecule has 2 aromatic rings. The number of hydrogen-bond donors (Lipinski definition) is 2. The van der Waals surface area contributed by atoms with Crippen LogP contribution in [-0.4, -0.2) is 41.7 Å². The minimum atomic E-state index is -2.96. The molecule has 0 amide bonds. The fraction of sp³-hybridized carbons (Fsp3) is 0.636. The van der Waals surface area contributed by atoms with Gasteiger partial charge >= 0.3 is 5.69 Å². The minimum Gasteiger partial charge on any atom is -0.492 e. The van der Waals surface area contributed by atoms with Crippen molar-refractivity contribution in [3.8, 4) is 5.75 Å². The summed E-state index contributed by atoms with van der Waals surface area (Å²) in [5, 5.41) is 0.0752. The van der Waals surface area contributed by atoms with Crippen molar-refractivity contribution in [3.05, 3.63) is 32.2 Å². The number of hydrogen-bond acceptors (Lipinski definition) is 5. The summed E-state index contributed by atoms with van der Waals surface area (Å²) in [5.74, 6) is -4.09. The van der Waals surface area contributed by atoms with Crippen molar-refractivity contribution in [2.45, 2.75) is 57.0 Å². The second-order valence-corrected chi connectivity index (χ2v) is 9.41. The molecule has 2 heterocycles. The van der Waals surface area contributed by atoms with Gasteiger partial charge in [-0.05, 0) is 38.5 Å². The Bertz CT molecular complexity index is 1200. The van der Waals surface area contributed by atoms with Crippen molar-refractivity contribution in [1.29, 1.82) is 0 Å². The van der Waals surface area contributed by atoms with E-state index in [2.05, 4.69) is 4.98 Å². The summed E-state index contributed by atoms with van der Waals surface area (Å²) in [4.78, 5) is 29.3. The highest BCUT2D eigenvalue weighted by Gasteiger charge is 2.50. The van der Waals surface area contributed by atoms with Gasteiger partial charge in [-0.15, -0.1) is 0 Å². The van der Waals surface area contributed by atoms with Crippen molar-refractivity contribution < 1.29 is 17.9 Å². The molecular formula is C22H27F3N4O3. The van der Waals surface area contributed by atoms with Crippen LogP contribution < -0.4 is 26.6 Å². The normalized spacial score (nSPS) is 27.4. The first-order chi connectivity index (χ1) is 15.2. The van der Waals surface area contributed by atoms with Gasteiger partial charge in [-0.25, -0.2) is 18.0 Å². The molecule has 3 unspecified atom stereocenters. The van der Waals surface area contributed by atoms with Crippen LogP contribution in [0, 0.1) is 24.6 Å². The van der Waals surface area contributed by atoms with E-state index < -0.39 is 34.9 Å². The number of fused-ring (bicyclic) bond motifs is 2. The Morgan fingerprint density at radius 3 is 2.56 bits per heavy atom. The van der Waals surface area contributed by atoms with E-state index >= 15 is 4.39 Å². The smallest absolute Gasteiger partial charge is 0.329 e. The number of aromatic nitrogens is 2. The Kier molecular flexibility index (Phi) is 4.85. The predicted octanol–water partition coefficient (Wildman–Crippen LogP) is 2.68. The SMILES string of the molecule is COc1c(N2CC3CCCC(F)(F)C(N)C3C2)c(F)c(C)c2c(=O)[nH]c(=O)n(C3CC3)c12. The van der Waals surface area contributed by atoms with Crippen LogP contribution in [0.3, 0.4) is 0 Å². The van der Waals surface area contributed by atoms with Gasteiger partial charge in [0.05, 0.1) is 18.5 Å². The number of nitrogens with one attached hydrogen (secondary N) is 1. The summed E-state index contributed by atoms with van der Waals surface area (Å²) < 4.78 is 51.7. The maximum absolute atomic E-state index is 15.7. The van der Waals surface area contributed by atoms with Gasteiger partial charge < -0.3 is 15.4 Å². The van der Waals surface area contributed by atoms with Gasteiger partial charge in [-0.3, -0.25) is 14.3 Å². The topological polar surface area (TPSA) is 93.3 Å². The van der Waals surface area contributed by atoms with Crippen molar-refractivity contribution in [1.82, 2.24) is 9.55 Å². The number of H-pyrrole nitrogens is 1. The number of ether oxygens (including phenoxy) is 1. The number of nitrogens with two attached hydrogens (primary N) is 1. The zero-order valence-electron chi connectivity index (χ0n) is 18.1. The lowest BCUT2D eigenvalue weighted by atomic mass is 9.87. The van der Waals surface area contributed by atoms with Gasteiger partial charge in [-0.1, -0.05) is 0 Å². The molecule has 3 atom stereocenters. The molecule has 174 valence electrons. The Balaban J connectivity index is 1.70. The summed E-state index contributed by atoms with van der Waals surface area (Å²) in [6.45, 7) is 2.02. The third-order valence-corrected chi connectivity index (χ3v) is 7.44. The van der Waals surface area contributed by atoms with Crippen LogP contribution in [0.1, 0.15) is 43.7 Å². The van der Waals surface area contributed by atoms with E-state index in [0.29, 0.717) is 19.4 Å². The number of aryl methyl sites for hydroxylation is 1. The predicted molar refractivity (Wildman–Crippen MR) is 114 cm³/mol. The van der Waals surface area contributed by atoms with Crippen molar-refractivity contribution in [3.63, 3.8) is 0 Å². The van der Waals surface area contributed by atoms with Gasteiger partial charge in [0.25, 0.3) is 11.5 Å². The number of alkyl halides is 2. The number of nitrogens with zero attached hydrogens (tertiary/aromatic N) is 2. The summed E-state index contributed by atoms with van der Waals surface area (Å²) in [5.41, 5.74) is 5.23. The quantitative estimate of drug-likeness (QED) is 0.747. The van der Waals surface area contributed by atoms with Gasteiger partial charge in [-0.2, -0.15) is 0 Å². The summed E-state index contributed by atoms with van der Waals surface area (Å²) in [6.07, 6.45) is 2.27. The zero-order chi connectivity index (χ0) is 22.9. The second kappa shape index (κ2) is 7.26. The van der Waals surface area contributed by atoms with Crippen LogP contribution in [0.25, 0.3) is 10.9 Å². The largest absolute Gasteiger partial charge is 0.492 e. The molecule has 32 heavy (non-hydrogen) atoms. The van der Waals surface area contributed by atoms with E-state index in [1.807, 2.05) is 0 Å². The van der Waals surface area contributed by atoms with Crippen molar-refractivity contribution in [2.75, 3.05) is 25.1 Å². The van der Waals surface area contributed by atoms with E-state index in [1.54, 1.807) is 4.90 Å². The maximum atomic E-state index is 15.7. The van der Waals surface area contributed by atoms with Crippen LogP contribution in [0.2, 0.25) is 0 Å². The van der Waals surface area contributed by atoms with Crippen LogP contribution in [-0.2, 0) is 0 Å². The number of anilines is 1. The molecule has 2 aliphatic carbocycles. The Labute approximate surface area is 182 Å². The van der Waals surface area contributed by atoms with Crippen molar-refractivity contribution >= 4 is 16.6 Å². The van der Waals surface area contributed by atoms with Gasteiger partial charge in [0.1, 0.15) is 11.2 Å². The first kappa shape index (κ1) is 21.4. The van der Waals surface area contributed by atoms with E-state index in [-0.39, 0.29) is 52.8 Å². The average molecular weight is 452 g/mol. The molecule has 0 radical (unpaired) electrons. The molecule has 2 saturated carbocycles. The molecule has 1 aliphatic heterocycles. The van der Waals surface area contributed by atoms with Gasteiger partial charge in [0, 0.05) is 37.0 Å². The van der Waals surface area contributed by atoms with E-state index in [0.717, 1.165) is 12.8 Å². The third-order valence-electron chi connectivity index (χ3n) is 7.44. The highest BCUT2D eigenvalue weighted by atomic mass is 19.3. The molecule has 10 heteroatoms. The maximum Gasteiger partial charge on any atom is 0.329 e. The standard InChI is InChI=1S/C22H27F3N4O3/c1-10-14-16(29(12-5-6-12)21(31)27-20(14)30)18(32-2)17(15(10)23)28-8-11-4-3-7-22(24,25)19(26)13(11)9-28/h11-13,19H,3-9,26H2,1-2H3,(H,27,30,31). The average Bonchev–Trinajstić information content (AvgIpc) is 3.49. The molecule has 1 saturated heterocycles. The molecule has 7 nitrogen and oxygen atoms in total. The highest BCUT2D eigenvalue weighted by molar-refractivity contribution is 5.93. The Morgan fingerprint density at radius 1 is 1.19 bits per heavy atom. The summed E-state index contributed by atoms with van der Waals surface area (Å²) in [6, 6.07) is -1.40. The molecule has 1 aromatic heterocycles. The van der Waals surface area contributed by atoms with Crippen molar-refractivity contribution in [2.24, 2.45) is 17.6 Å². The number of methoxy groups -OCH3 is 1. The molecule has 0 spiro atoms. The number of benzene rings is 1. The molecular weight excluding hydrogens is 425 g/mol. The minimum absolute atomic E-state index is 0.0752. The molecule has 3 N–H and O–H groups in total. The monoisotopic (exact) mass is 452 g/mol. The fourth-order valence-corrected chi connectivity index (χ4v) is 5.65. The van der Waals surface area contributed by atoms with E-state index in [1.165, 1.54) is 18.6 Å². The number of rotatable bonds is 3. The van der Waals surface area contributed by atoms with Gasteiger partial charge in [0.15, 0.2) is 11.6 Å². The van der Waals surface area contributed by atoms with Crippen LogP contribution >= 0.6 is 0 Å². The summed E-state index contributed by atoms with van der Waals surface area (Å²) >= 11 is 0. The first-order valence-corrected chi connectivity index (χ1v) is 11.1. The Morgan fingerprint density at radius 2 is 1.91 bits per heavy atom. The first-order valence-electron chi connectivity index (χ1n) is 11.1. The molecule has 0 bridgehead atoms. The zero-order valence-corrected chi connectivity index (χ0v) is 18.1. The van der Waals surface area contributed by atoms with Gasteiger partial charge in [0.2, 0.25) is 0 Å². The fourth-order valence-electron chi connectivity index (χ4n) is 5.65. The third kappa shape index (κ3) is 3.06. The second-order valence-electron chi connectivity index (χ2n) is 9.41. The highest BCUT2D eigenvalue weighted by Crippen LogP contribution is 2.48. The van der Waals surface area contributed by atoms with Crippen LogP contribution in [0.4, 0.5) is 18.9 Å². The number of aromatic amines is 1. The van der Waals surface area contributed by atoms with Crippen LogP contribution in [0.5, 0.6) is 5.75 Å². The molecule has 1 aromatic carbocycles. The van der Waals surface area contributed by atoms with E-state index in [9.17, 15) is 18.4 Å². The molecule has 5 rings (SSSR count). The van der Waals surface area contributed by atoms with E-state index in [4.69, 9.17) is 10.5 Å². The molecule has 3 aliphatic rings. The van der Waals surface area contributed by atoms with Crippen LogP contribution in [0.15, 0.2) is 9.59 Å². The lowest BCUT2D eigenvalue weighted by Gasteiger charge is -2.29. The lowest BCUT2D eigenvalue weighted by molar-refractivity contribution is -0.0439. The summed E-state index contributed by atoms with van der Waals surface area (Å²) in [7, 11) is 1.37.